The van der Waals surface area contributed by atoms with Gasteiger partial charge in [0.25, 0.3) is 11.5 Å². The van der Waals surface area contributed by atoms with Gasteiger partial charge in [0, 0.05) is 17.7 Å². The molecule has 5 nitrogen and oxygen atoms in total. The zero-order chi connectivity index (χ0) is 18.4. The molecule has 0 radical (unpaired) electrons. The van der Waals surface area contributed by atoms with E-state index < -0.39 is 0 Å². The second-order valence-corrected chi connectivity index (χ2v) is 8.38. The van der Waals surface area contributed by atoms with Gasteiger partial charge in [0.1, 0.15) is 10.6 Å². The number of carbonyl (C=O) groups excluding carboxylic acids is 1. The van der Waals surface area contributed by atoms with E-state index in [9.17, 15) is 14.0 Å². The lowest BCUT2D eigenvalue weighted by molar-refractivity contribution is 0.0938. The summed E-state index contributed by atoms with van der Waals surface area (Å²) in [5.74, 6) is 0.299. The van der Waals surface area contributed by atoms with Crippen LogP contribution in [0.25, 0.3) is 10.2 Å². The fourth-order valence-corrected chi connectivity index (χ4v) is 5.31. The Morgan fingerprint density at radius 3 is 3.04 bits per heavy atom. The van der Waals surface area contributed by atoms with Crippen LogP contribution in [0.1, 0.15) is 33.3 Å². The lowest BCUT2D eigenvalue weighted by Crippen LogP contribution is -2.30. The van der Waals surface area contributed by atoms with Gasteiger partial charge in [-0.05, 0) is 42.7 Å². The molecular formula is C18H16FN3O2S2. The highest BCUT2D eigenvalue weighted by Gasteiger charge is 2.26. The summed E-state index contributed by atoms with van der Waals surface area (Å²) in [6, 6.07) is 4.44. The third kappa shape index (κ3) is 2.83. The molecule has 0 spiro atoms. The van der Waals surface area contributed by atoms with Crippen molar-refractivity contribution in [3.05, 3.63) is 56.7 Å². The first-order valence-electron chi connectivity index (χ1n) is 8.13. The molecule has 0 saturated carbocycles. The van der Waals surface area contributed by atoms with Gasteiger partial charge in [0.15, 0.2) is 0 Å². The first kappa shape index (κ1) is 17.2. The van der Waals surface area contributed by atoms with Crippen LogP contribution in [-0.4, -0.2) is 21.2 Å². The maximum absolute atomic E-state index is 13.6. The quantitative estimate of drug-likeness (QED) is 0.730. The van der Waals surface area contributed by atoms with Crippen LogP contribution in [0.4, 0.5) is 4.39 Å². The number of nitrogens with zero attached hydrogens (tertiary/aromatic N) is 2. The van der Waals surface area contributed by atoms with Gasteiger partial charge < -0.3 is 9.88 Å². The topological polar surface area (TPSA) is 64.0 Å². The molecule has 8 heteroatoms. The van der Waals surface area contributed by atoms with E-state index in [4.69, 9.17) is 0 Å². The predicted octanol–water partition coefficient (Wildman–Crippen LogP) is 3.41. The molecule has 1 atom stereocenters. The lowest BCUT2D eigenvalue weighted by atomic mass is 10.0. The van der Waals surface area contributed by atoms with Crippen molar-refractivity contribution in [3.63, 3.8) is 0 Å². The zero-order valence-corrected chi connectivity index (χ0v) is 15.8. The minimum absolute atomic E-state index is 0.163. The van der Waals surface area contributed by atoms with Crippen molar-refractivity contribution in [2.24, 2.45) is 7.05 Å². The molecule has 4 rings (SSSR count). The number of aryl methyl sites for hydroxylation is 2. The average Bonchev–Trinajstić information content (AvgIpc) is 2.96. The highest BCUT2D eigenvalue weighted by atomic mass is 32.2. The Bertz CT molecular complexity index is 1090. The normalized spacial score (nSPS) is 16.5. The number of amides is 1. The maximum atomic E-state index is 13.6. The molecule has 1 N–H and O–H groups in total. The van der Waals surface area contributed by atoms with Gasteiger partial charge in [-0.25, -0.2) is 9.37 Å². The van der Waals surface area contributed by atoms with Gasteiger partial charge >= 0.3 is 0 Å². The molecular weight excluding hydrogens is 373 g/mol. The molecule has 0 fully saturated rings. The molecule has 1 aliphatic rings. The van der Waals surface area contributed by atoms with Crippen LogP contribution in [-0.2, 0) is 7.05 Å². The van der Waals surface area contributed by atoms with E-state index in [1.807, 2.05) is 0 Å². The van der Waals surface area contributed by atoms with Crippen LogP contribution in [0.5, 0.6) is 0 Å². The Labute approximate surface area is 157 Å². The van der Waals surface area contributed by atoms with Crippen molar-refractivity contribution in [1.29, 1.82) is 0 Å². The number of fused-ring (bicyclic) bond motifs is 2. The molecule has 3 aromatic rings. The fourth-order valence-electron chi connectivity index (χ4n) is 3.16. The Kier molecular flexibility index (Phi) is 4.32. The highest BCUT2D eigenvalue weighted by molar-refractivity contribution is 7.99. The van der Waals surface area contributed by atoms with Crippen LogP contribution >= 0.6 is 23.1 Å². The smallest absolute Gasteiger partial charge is 0.262 e. The molecule has 1 amide bonds. The van der Waals surface area contributed by atoms with Crippen molar-refractivity contribution in [1.82, 2.24) is 14.9 Å². The Hall–Kier alpha value is -2.19. The number of thioether (sulfide) groups is 1. The van der Waals surface area contributed by atoms with E-state index >= 15 is 0 Å². The monoisotopic (exact) mass is 389 g/mol. The van der Waals surface area contributed by atoms with Gasteiger partial charge in [-0.1, -0.05) is 0 Å². The number of hydrogen-bond donors (Lipinski definition) is 1. The number of halogens is 1. The lowest BCUT2D eigenvalue weighted by Gasteiger charge is -2.25. The summed E-state index contributed by atoms with van der Waals surface area (Å²) in [5, 5.41) is 3.49. The number of thiophene rings is 1. The number of carbonyl (C=O) groups is 1. The second kappa shape index (κ2) is 6.51. The summed E-state index contributed by atoms with van der Waals surface area (Å²) < 4.78 is 15.1. The summed E-state index contributed by atoms with van der Waals surface area (Å²) in [6.07, 6.45) is 2.19. The van der Waals surface area contributed by atoms with Crippen molar-refractivity contribution >= 4 is 39.2 Å². The molecule has 1 aromatic carbocycles. The van der Waals surface area contributed by atoms with Crippen LogP contribution in [0.2, 0.25) is 0 Å². The molecule has 26 heavy (non-hydrogen) atoms. The van der Waals surface area contributed by atoms with E-state index in [0.29, 0.717) is 20.7 Å². The van der Waals surface area contributed by atoms with Crippen molar-refractivity contribution in [2.45, 2.75) is 24.3 Å². The van der Waals surface area contributed by atoms with Crippen LogP contribution in [0, 0.1) is 12.7 Å². The summed E-state index contributed by atoms with van der Waals surface area (Å²) in [4.78, 5) is 31.5. The van der Waals surface area contributed by atoms with Gasteiger partial charge in [-0.2, -0.15) is 0 Å². The van der Waals surface area contributed by atoms with E-state index in [-0.39, 0.29) is 23.3 Å². The summed E-state index contributed by atoms with van der Waals surface area (Å²) >= 11 is 2.88. The third-order valence-electron chi connectivity index (χ3n) is 4.53. The standard InChI is InChI=1S/C18H16FN3O2S2/c1-9-14-17(20-8-22(2)18(14)24)26-15(9)16(23)21-12-5-6-25-13-4-3-10(19)7-11(12)13/h3-4,7-8,12H,5-6H2,1-2H3,(H,21,23). The van der Waals surface area contributed by atoms with E-state index in [1.165, 1.54) is 34.4 Å². The first-order valence-corrected chi connectivity index (χ1v) is 9.93. The SMILES string of the molecule is Cc1c(C(=O)NC2CCSc3ccc(F)cc32)sc2ncn(C)c(=O)c12. The summed E-state index contributed by atoms with van der Waals surface area (Å²) in [5.41, 5.74) is 1.28. The van der Waals surface area contributed by atoms with Crippen molar-refractivity contribution < 1.29 is 9.18 Å². The molecule has 0 saturated heterocycles. The third-order valence-corrected chi connectivity index (χ3v) is 6.85. The van der Waals surface area contributed by atoms with Gasteiger partial charge in [0.2, 0.25) is 0 Å². The largest absolute Gasteiger partial charge is 0.344 e. The molecule has 134 valence electrons. The number of benzene rings is 1. The average molecular weight is 389 g/mol. The maximum Gasteiger partial charge on any atom is 0.262 e. The Morgan fingerprint density at radius 2 is 2.23 bits per heavy atom. The van der Waals surface area contributed by atoms with Gasteiger partial charge in [0.05, 0.1) is 22.6 Å². The molecule has 1 unspecified atom stereocenters. The zero-order valence-electron chi connectivity index (χ0n) is 14.2. The Morgan fingerprint density at radius 1 is 1.42 bits per heavy atom. The van der Waals surface area contributed by atoms with E-state index in [2.05, 4.69) is 10.3 Å². The number of rotatable bonds is 2. The van der Waals surface area contributed by atoms with Crippen LogP contribution in [0.15, 0.2) is 34.2 Å². The molecule has 3 heterocycles. The number of hydrogen-bond acceptors (Lipinski definition) is 5. The molecule has 2 aromatic heterocycles. The summed E-state index contributed by atoms with van der Waals surface area (Å²) in [6.45, 7) is 1.77. The van der Waals surface area contributed by atoms with Gasteiger partial charge in [-0.3, -0.25) is 9.59 Å². The first-order chi connectivity index (χ1) is 12.5. The van der Waals surface area contributed by atoms with E-state index in [1.54, 1.807) is 31.8 Å². The highest BCUT2D eigenvalue weighted by Crippen LogP contribution is 2.37. The minimum Gasteiger partial charge on any atom is -0.344 e. The second-order valence-electron chi connectivity index (χ2n) is 6.24. The fraction of sp³-hybridized carbons (Fsp3) is 0.278. The Balaban J connectivity index is 1.69. The predicted molar refractivity (Wildman–Crippen MR) is 102 cm³/mol. The number of nitrogens with one attached hydrogen (secondary N) is 1. The number of aromatic nitrogens is 2. The molecule has 0 bridgehead atoms. The summed E-state index contributed by atoms with van der Waals surface area (Å²) in [7, 11) is 1.64. The van der Waals surface area contributed by atoms with Crippen LogP contribution < -0.4 is 10.9 Å². The molecule has 1 aliphatic heterocycles. The molecule has 0 aliphatic carbocycles. The van der Waals surface area contributed by atoms with Crippen LogP contribution in [0.3, 0.4) is 0 Å². The van der Waals surface area contributed by atoms with E-state index in [0.717, 1.165) is 22.6 Å². The minimum atomic E-state index is -0.309. The van der Waals surface area contributed by atoms with Gasteiger partial charge in [-0.15, -0.1) is 23.1 Å². The van der Waals surface area contributed by atoms with Crippen molar-refractivity contribution in [3.8, 4) is 0 Å². The van der Waals surface area contributed by atoms with Crippen molar-refractivity contribution in [2.75, 3.05) is 5.75 Å².